The summed E-state index contributed by atoms with van der Waals surface area (Å²) in [4.78, 5) is 27.6. The number of hydrogen-bond acceptors (Lipinski definition) is 6. The smallest absolute Gasteiger partial charge is 0.246 e. The summed E-state index contributed by atoms with van der Waals surface area (Å²) in [5.74, 6) is -0.869. The first-order valence-electron chi connectivity index (χ1n) is 13.4. The van der Waals surface area contributed by atoms with Crippen LogP contribution >= 0.6 is 0 Å². The highest BCUT2D eigenvalue weighted by atomic mass is 19.1. The zero-order valence-corrected chi connectivity index (χ0v) is 23.2. The Labute approximate surface area is 233 Å². The molecule has 3 aromatic rings. The molecule has 1 saturated heterocycles. The zero-order chi connectivity index (χ0) is 28.7. The summed E-state index contributed by atoms with van der Waals surface area (Å²) in [5.41, 5.74) is 2.91. The summed E-state index contributed by atoms with van der Waals surface area (Å²) in [5, 5.41) is 10.5. The van der Waals surface area contributed by atoms with Crippen LogP contribution in [0.1, 0.15) is 43.4 Å². The lowest BCUT2D eigenvalue weighted by molar-refractivity contribution is -0.129. The van der Waals surface area contributed by atoms with Crippen LogP contribution in [0, 0.1) is 18.6 Å². The number of fused-ring (bicyclic) bond motifs is 1. The first-order valence-corrected chi connectivity index (χ1v) is 13.4. The molecule has 1 aromatic heterocycles. The number of nitrogens with zero attached hydrogens (tertiary/aromatic N) is 5. The fraction of sp³-hybridized carbons (Fsp3) is 0.323. The molecule has 3 heterocycles. The number of amides is 1. The predicted molar refractivity (Wildman–Crippen MR) is 153 cm³/mol. The van der Waals surface area contributed by atoms with Crippen molar-refractivity contribution in [1.82, 2.24) is 14.8 Å². The van der Waals surface area contributed by atoms with Crippen molar-refractivity contribution in [2.75, 3.05) is 31.2 Å². The molecular weight excluding hydrogens is 512 g/mol. The molecular formula is C31H33F2N5O2. The van der Waals surface area contributed by atoms with Crippen LogP contribution in [0.5, 0.6) is 5.75 Å². The maximum absolute atomic E-state index is 15.8. The van der Waals surface area contributed by atoms with Crippen molar-refractivity contribution >= 4 is 23.2 Å². The number of halogens is 2. The maximum Gasteiger partial charge on any atom is 0.246 e. The third-order valence-corrected chi connectivity index (χ3v) is 7.59. The number of para-hydroxylation sites is 1. The van der Waals surface area contributed by atoms with Gasteiger partial charge in [0.15, 0.2) is 5.82 Å². The summed E-state index contributed by atoms with van der Waals surface area (Å²) >= 11 is 0. The molecule has 1 N–H and O–H groups in total. The van der Waals surface area contributed by atoms with E-state index >= 15 is 4.39 Å². The van der Waals surface area contributed by atoms with E-state index < -0.39 is 17.4 Å². The van der Waals surface area contributed by atoms with Gasteiger partial charge in [-0.3, -0.25) is 4.79 Å². The van der Waals surface area contributed by atoms with Crippen LogP contribution in [0.15, 0.2) is 60.1 Å². The molecule has 1 fully saturated rings. The highest BCUT2D eigenvalue weighted by Gasteiger charge is 2.34. The number of benzene rings is 2. The third kappa shape index (κ3) is 4.69. The van der Waals surface area contributed by atoms with Crippen LogP contribution in [0.4, 0.5) is 20.3 Å². The number of phenols is 1. The first-order chi connectivity index (χ1) is 19.1. The highest BCUT2D eigenvalue weighted by Crippen LogP contribution is 2.41. The van der Waals surface area contributed by atoms with Gasteiger partial charge in [-0.25, -0.2) is 18.8 Å². The largest absolute Gasteiger partial charge is 0.507 e. The Kier molecular flexibility index (Phi) is 7.31. The minimum atomic E-state index is -0.768. The van der Waals surface area contributed by atoms with Crippen molar-refractivity contribution in [3.8, 4) is 17.0 Å². The molecule has 9 heteroatoms. The topological polar surface area (TPSA) is 72.3 Å². The van der Waals surface area contributed by atoms with Gasteiger partial charge in [-0.1, -0.05) is 44.7 Å². The van der Waals surface area contributed by atoms with E-state index in [1.54, 1.807) is 4.90 Å². The third-order valence-electron chi connectivity index (χ3n) is 7.59. The Balaban J connectivity index is 1.67. The normalized spacial score (nSPS) is 17.1. The molecule has 0 radical (unpaired) electrons. The highest BCUT2D eigenvalue weighted by molar-refractivity contribution is 6.06. The number of aryl methyl sites for hydroxylation is 1. The molecule has 0 unspecified atom stereocenters. The molecule has 7 nitrogen and oxygen atoms in total. The molecule has 1 atom stereocenters. The molecule has 2 aliphatic rings. The Hall–Kier alpha value is -4.27. The molecule has 2 aromatic carbocycles. The maximum atomic E-state index is 15.8. The van der Waals surface area contributed by atoms with E-state index in [4.69, 9.17) is 9.98 Å². The fourth-order valence-electron chi connectivity index (χ4n) is 5.62. The van der Waals surface area contributed by atoms with Crippen LogP contribution in [0.3, 0.4) is 0 Å². The second-order valence-electron chi connectivity index (χ2n) is 10.6. The quantitative estimate of drug-likeness (QED) is 0.424. The number of anilines is 2. The zero-order valence-electron chi connectivity index (χ0n) is 23.2. The SMILES string of the molecule is C=CC(=O)N1CCN(C2=NCN(c3c(C)cccc3C(C)C)c3nc(-c4c(O)cccc4F)c(F)cc32)C[C@@H]1C. The number of amidine groups is 1. The molecule has 0 aliphatic carbocycles. The van der Waals surface area contributed by atoms with Crippen molar-refractivity contribution in [2.24, 2.45) is 4.99 Å². The standard InChI is InChI=1S/C31H33F2N5O2/c1-6-26(40)37-14-13-36(16-20(37)5)30-22-15-24(33)28(27-23(32)11-8-12-25(27)39)35-31(22)38(17-34-30)29-19(4)9-7-10-21(29)18(2)3/h6-12,15,18,20,39H,1,13-14,16-17H2,2-5H3/t20-/m0/s1. The van der Waals surface area contributed by atoms with Gasteiger partial charge in [0.25, 0.3) is 0 Å². The number of aliphatic imine (C=N–C) groups is 1. The summed E-state index contributed by atoms with van der Waals surface area (Å²) in [6.07, 6.45) is 1.31. The van der Waals surface area contributed by atoms with Crippen molar-refractivity contribution in [3.63, 3.8) is 0 Å². The minimum absolute atomic E-state index is 0.111. The Bertz CT molecular complexity index is 1500. The number of pyridine rings is 1. The second kappa shape index (κ2) is 10.7. The molecule has 0 saturated carbocycles. The lowest BCUT2D eigenvalue weighted by atomic mass is 9.96. The van der Waals surface area contributed by atoms with Gasteiger partial charge in [0.2, 0.25) is 5.91 Å². The van der Waals surface area contributed by atoms with Crippen molar-refractivity contribution in [3.05, 3.63) is 83.4 Å². The number of piperazine rings is 1. The minimum Gasteiger partial charge on any atom is -0.507 e. The molecule has 40 heavy (non-hydrogen) atoms. The second-order valence-corrected chi connectivity index (χ2v) is 10.6. The van der Waals surface area contributed by atoms with Gasteiger partial charge in [0.05, 0.1) is 16.8 Å². The average Bonchev–Trinajstić information content (AvgIpc) is 2.92. The number of carbonyl (C=O) groups excluding carboxylic acids is 1. The number of aromatic nitrogens is 1. The van der Waals surface area contributed by atoms with E-state index in [1.165, 1.54) is 30.3 Å². The van der Waals surface area contributed by atoms with E-state index in [0.29, 0.717) is 36.9 Å². The summed E-state index contributed by atoms with van der Waals surface area (Å²) < 4.78 is 30.7. The summed E-state index contributed by atoms with van der Waals surface area (Å²) in [6, 6.07) is 11.1. The van der Waals surface area contributed by atoms with Gasteiger partial charge in [-0.2, -0.15) is 0 Å². The van der Waals surface area contributed by atoms with E-state index in [9.17, 15) is 14.3 Å². The molecule has 0 spiro atoms. The van der Waals surface area contributed by atoms with Crippen LogP contribution in [-0.4, -0.2) is 64.0 Å². The van der Waals surface area contributed by atoms with Crippen LogP contribution in [-0.2, 0) is 4.79 Å². The van der Waals surface area contributed by atoms with Crippen LogP contribution in [0.25, 0.3) is 11.3 Å². The Morgan fingerprint density at radius 2 is 1.90 bits per heavy atom. The van der Waals surface area contributed by atoms with Gasteiger partial charge in [0, 0.05) is 25.7 Å². The molecule has 5 rings (SSSR count). The van der Waals surface area contributed by atoms with Gasteiger partial charge < -0.3 is 19.8 Å². The lowest BCUT2D eigenvalue weighted by Gasteiger charge is -2.42. The Morgan fingerprint density at radius 3 is 2.58 bits per heavy atom. The molecule has 2 aliphatic heterocycles. The van der Waals surface area contributed by atoms with Crippen LogP contribution in [0.2, 0.25) is 0 Å². The van der Waals surface area contributed by atoms with Crippen LogP contribution < -0.4 is 4.90 Å². The van der Waals surface area contributed by atoms with Gasteiger partial charge in [-0.15, -0.1) is 0 Å². The van der Waals surface area contributed by atoms with Crippen molar-refractivity contribution in [2.45, 2.75) is 39.7 Å². The van der Waals surface area contributed by atoms with Crippen molar-refractivity contribution < 1.29 is 18.7 Å². The molecule has 0 bridgehead atoms. The monoisotopic (exact) mass is 545 g/mol. The number of rotatable bonds is 4. The van der Waals surface area contributed by atoms with Crippen molar-refractivity contribution in [1.29, 1.82) is 0 Å². The van der Waals surface area contributed by atoms with E-state index in [1.807, 2.05) is 35.8 Å². The van der Waals surface area contributed by atoms with Gasteiger partial charge in [0.1, 0.15) is 35.6 Å². The fourth-order valence-corrected chi connectivity index (χ4v) is 5.62. The molecule has 208 valence electrons. The first kappa shape index (κ1) is 27.3. The summed E-state index contributed by atoms with van der Waals surface area (Å²) in [7, 11) is 0. The Morgan fingerprint density at radius 1 is 1.15 bits per heavy atom. The number of aromatic hydroxyl groups is 1. The van der Waals surface area contributed by atoms with E-state index in [2.05, 4.69) is 26.5 Å². The van der Waals surface area contributed by atoms with E-state index in [0.717, 1.165) is 16.8 Å². The average molecular weight is 546 g/mol. The van der Waals surface area contributed by atoms with Gasteiger partial charge >= 0.3 is 0 Å². The van der Waals surface area contributed by atoms with Gasteiger partial charge in [-0.05, 0) is 55.2 Å². The summed E-state index contributed by atoms with van der Waals surface area (Å²) in [6.45, 7) is 13.4. The predicted octanol–water partition coefficient (Wildman–Crippen LogP) is 5.74. The number of phenolic OH excluding ortho intramolecular Hbond substituents is 1. The lowest BCUT2D eigenvalue weighted by Crippen LogP contribution is -2.55. The van der Waals surface area contributed by atoms with E-state index in [-0.39, 0.29) is 35.8 Å². The molecule has 1 amide bonds. The number of hydrogen-bond donors (Lipinski definition) is 1. The number of carbonyl (C=O) groups is 1.